The van der Waals surface area contributed by atoms with Crippen molar-refractivity contribution in [2.45, 2.75) is 52.6 Å². The van der Waals surface area contributed by atoms with Crippen LogP contribution in [0.1, 0.15) is 46.5 Å². The number of aliphatic hydroxyl groups is 1. The highest BCUT2D eigenvalue weighted by Crippen LogP contribution is 2.13. The molecule has 0 saturated carbocycles. The summed E-state index contributed by atoms with van der Waals surface area (Å²) < 4.78 is 0. The maximum atomic E-state index is 10.2. The highest BCUT2D eigenvalue weighted by molar-refractivity contribution is 5.65. The second kappa shape index (κ2) is 8.94. The van der Waals surface area contributed by atoms with E-state index in [1.54, 1.807) is 6.08 Å². The van der Waals surface area contributed by atoms with Gasteiger partial charge in [0.05, 0.1) is 6.10 Å². The van der Waals surface area contributed by atoms with Gasteiger partial charge in [-0.15, -0.1) is 0 Å². The molecule has 0 aromatic rings. The summed E-state index contributed by atoms with van der Waals surface area (Å²) in [5, 5.41) is 9.58. The fraction of sp³-hybridized carbons (Fsp3) is 0.533. The van der Waals surface area contributed by atoms with Gasteiger partial charge in [-0.1, -0.05) is 29.4 Å². The van der Waals surface area contributed by atoms with Crippen LogP contribution < -0.4 is 0 Å². The Morgan fingerprint density at radius 2 is 1.88 bits per heavy atom. The first-order valence-electron chi connectivity index (χ1n) is 6.07. The molecule has 0 fully saturated rings. The largest absolute Gasteiger partial charge is 0.389 e. The molecule has 0 rings (SSSR count). The average Bonchev–Trinajstić information content (AvgIpc) is 2.26. The molecule has 0 spiro atoms. The molecule has 1 atom stereocenters. The lowest BCUT2D eigenvalue weighted by atomic mass is 10.0. The molecule has 2 heteroatoms. The molecular weight excluding hydrogens is 212 g/mol. The van der Waals surface area contributed by atoms with Crippen LogP contribution in [0.2, 0.25) is 0 Å². The minimum atomic E-state index is -0.393. The molecule has 1 unspecified atom stereocenters. The van der Waals surface area contributed by atoms with Crippen molar-refractivity contribution >= 4 is 6.29 Å². The normalized spacial score (nSPS) is 14.6. The zero-order chi connectivity index (χ0) is 13.3. The summed E-state index contributed by atoms with van der Waals surface area (Å²) in [4.78, 5) is 10.2. The molecule has 96 valence electrons. The number of carbonyl (C=O) groups excluding carboxylic acids is 1. The van der Waals surface area contributed by atoms with Crippen molar-refractivity contribution < 1.29 is 9.90 Å². The Balaban J connectivity index is 3.90. The lowest BCUT2D eigenvalue weighted by molar-refractivity contribution is -0.104. The third-order valence-corrected chi connectivity index (χ3v) is 2.76. The van der Waals surface area contributed by atoms with E-state index in [1.165, 1.54) is 5.57 Å². The third-order valence-electron chi connectivity index (χ3n) is 2.76. The molecule has 1 N–H and O–H groups in total. The van der Waals surface area contributed by atoms with E-state index in [1.807, 2.05) is 13.8 Å². The van der Waals surface area contributed by atoms with Gasteiger partial charge in [-0.3, -0.25) is 4.79 Å². The minimum absolute atomic E-state index is 0.393. The van der Waals surface area contributed by atoms with Gasteiger partial charge in [0.2, 0.25) is 0 Å². The van der Waals surface area contributed by atoms with Gasteiger partial charge in [0.25, 0.3) is 0 Å². The van der Waals surface area contributed by atoms with Crippen LogP contribution in [-0.2, 0) is 4.79 Å². The summed E-state index contributed by atoms with van der Waals surface area (Å²) >= 11 is 0. The van der Waals surface area contributed by atoms with Gasteiger partial charge < -0.3 is 5.11 Å². The van der Waals surface area contributed by atoms with E-state index in [2.05, 4.69) is 19.6 Å². The average molecular weight is 236 g/mol. The highest BCUT2D eigenvalue weighted by Gasteiger charge is 2.03. The molecule has 0 saturated heterocycles. The number of hydrogen-bond donors (Lipinski definition) is 1. The number of hydrogen-bond acceptors (Lipinski definition) is 2. The van der Waals surface area contributed by atoms with Crippen molar-refractivity contribution in [1.82, 2.24) is 0 Å². The van der Waals surface area contributed by atoms with E-state index in [0.29, 0.717) is 0 Å². The quantitative estimate of drug-likeness (QED) is 0.397. The number of rotatable bonds is 8. The molecule has 0 radical (unpaired) electrons. The fourth-order valence-electron chi connectivity index (χ4n) is 1.46. The lowest BCUT2D eigenvalue weighted by Gasteiger charge is -2.09. The van der Waals surface area contributed by atoms with Crippen molar-refractivity contribution in [2.24, 2.45) is 0 Å². The third kappa shape index (κ3) is 8.64. The molecule has 0 aliphatic carbocycles. The van der Waals surface area contributed by atoms with Crippen molar-refractivity contribution in [2.75, 3.05) is 0 Å². The maximum Gasteiger partial charge on any atom is 0.142 e. The van der Waals surface area contributed by atoms with E-state index in [4.69, 9.17) is 0 Å². The van der Waals surface area contributed by atoms with Gasteiger partial charge in [-0.2, -0.15) is 0 Å². The Labute approximate surface area is 105 Å². The Morgan fingerprint density at radius 3 is 2.41 bits per heavy atom. The van der Waals surface area contributed by atoms with Crippen LogP contribution in [0.15, 0.2) is 35.5 Å². The van der Waals surface area contributed by atoms with Gasteiger partial charge in [0, 0.05) is 0 Å². The van der Waals surface area contributed by atoms with Gasteiger partial charge in [0.15, 0.2) is 0 Å². The zero-order valence-electron chi connectivity index (χ0n) is 11.2. The molecule has 0 aliphatic heterocycles. The maximum absolute atomic E-state index is 10.2. The van der Waals surface area contributed by atoms with Gasteiger partial charge >= 0.3 is 0 Å². The van der Waals surface area contributed by atoms with Crippen LogP contribution in [0.4, 0.5) is 0 Å². The monoisotopic (exact) mass is 236 g/mol. The van der Waals surface area contributed by atoms with E-state index >= 15 is 0 Å². The van der Waals surface area contributed by atoms with Crippen molar-refractivity contribution in [3.8, 4) is 0 Å². The summed E-state index contributed by atoms with van der Waals surface area (Å²) in [5.74, 6) is 0. The Kier molecular flexibility index (Phi) is 8.34. The second-order valence-electron chi connectivity index (χ2n) is 4.64. The van der Waals surface area contributed by atoms with Gasteiger partial charge in [0.1, 0.15) is 6.29 Å². The summed E-state index contributed by atoms with van der Waals surface area (Å²) in [7, 11) is 0. The molecule has 2 nitrogen and oxygen atoms in total. The zero-order valence-corrected chi connectivity index (χ0v) is 11.2. The van der Waals surface area contributed by atoms with Crippen molar-refractivity contribution in [3.63, 3.8) is 0 Å². The van der Waals surface area contributed by atoms with Crippen LogP contribution in [0.5, 0.6) is 0 Å². The van der Waals surface area contributed by atoms with Crippen molar-refractivity contribution in [1.29, 1.82) is 0 Å². The van der Waals surface area contributed by atoms with Crippen molar-refractivity contribution in [3.05, 3.63) is 35.5 Å². The number of aliphatic hydroxyl groups excluding tert-OH is 1. The second-order valence-corrected chi connectivity index (χ2v) is 4.64. The van der Waals surface area contributed by atoms with Crippen LogP contribution in [0.3, 0.4) is 0 Å². The summed E-state index contributed by atoms with van der Waals surface area (Å²) in [6, 6.07) is 0. The highest BCUT2D eigenvalue weighted by atomic mass is 16.3. The van der Waals surface area contributed by atoms with E-state index in [-0.39, 0.29) is 0 Å². The molecule has 17 heavy (non-hydrogen) atoms. The fourth-order valence-corrected chi connectivity index (χ4v) is 1.46. The first-order valence-corrected chi connectivity index (χ1v) is 6.07. The van der Waals surface area contributed by atoms with E-state index in [0.717, 1.165) is 43.1 Å². The predicted octanol–water partition coefficient (Wildman–Crippen LogP) is 3.58. The smallest absolute Gasteiger partial charge is 0.142 e. The van der Waals surface area contributed by atoms with Gasteiger partial charge in [-0.05, 0) is 52.5 Å². The molecule has 0 heterocycles. The Morgan fingerprint density at radius 1 is 1.24 bits per heavy atom. The molecule has 0 aliphatic rings. The summed E-state index contributed by atoms with van der Waals surface area (Å²) in [6.07, 6.45) is 7.71. The van der Waals surface area contributed by atoms with Crippen LogP contribution in [0, 0.1) is 0 Å². The SMILES string of the molecule is C=C(C)C(O)CC/C(C)=C/CC/C(C)=C/C=O. The van der Waals surface area contributed by atoms with Crippen LogP contribution >= 0.6 is 0 Å². The number of aldehydes is 1. The summed E-state index contributed by atoms with van der Waals surface area (Å²) in [5.41, 5.74) is 3.21. The first kappa shape index (κ1) is 15.9. The number of carbonyl (C=O) groups is 1. The van der Waals surface area contributed by atoms with Crippen LogP contribution in [0.25, 0.3) is 0 Å². The Bertz CT molecular complexity index is 311. The minimum Gasteiger partial charge on any atom is -0.389 e. The van der Waals surface area contributed by atoms with E-state index in [9.17, 15) is 9.90 Å². The Hall–Kier alpha value is -1.15. The lowest BCUT2D eigenvalue weighted by Crippen LogP contribution is -2.06. The molecule has 0 bridgehead atoms. The molecule has 0 aromatic heterocycles. The first-order chi connectivity index (χ1) is 7.97. The van der Waals surface area contributed by atoms with Gasteiger partial charge in [-0.25, -0.2) is 0 Å². The molecular formula is C15H24O2. The van der Waals surface area contributed by atoms with E-state index < -0.39 is 6.10 Å². The van der Waals surface area contributed by atoms with Crippen LogP contribution in [-0.4, -0.2) is 17.5 Å². The topological polar surface area (TPSA) is 37.3 Å². The predicted molar refractivity (Wildman–Crippen MR) is 72.9 cm³/mol. The number of allylic oxidation sites excluding steroid dienone is 4. The molecule has 0 amide bonds. The standard InChI is InChI=1S/C15H24O2/c1-12(2)15(17)9-8-13(3)6-5-7-14(4)10-11-16/h6,10-11,15,17H,1,5,7-9H2,2-4H3/b13-6+,14-10+. The summed E-state index contributed by atoms with van der Waals surface area (Å²) in [6.45, 7) is 9.61. The molecule has 0 aromatic carbocycles.